The predicted octanol–water partition coefficient (Wildman–Crippen LogP) is 1.52. The predicted molar refractivity (Wildman–Crippen MR) is 87.4 cm³/mol. The minimum absolute atomic E-state index is 0.0206. The highest BCUT2D eigenvalue weighted by Gasteiger charge is 2.50. The molecule has 1 saturated carbocycles. The molecule has 24 heavy (non-hydrogen) atoms. The molecule has 1 aromatic carbocycles. The lowest BCUT2D eigenvalue weighted by molar-refractivity contribution is -0.142. The van der Waals surface area contributed by atoms with Gasteiger partial charge < -0.3 is 20.6 Å². The third-order valence-electron chi connectivity index (χ3n) is 4.60. The first-order valence-corrected chi connectivity index (χ1v) is 8.19. The fraction of sp³-hybridized carbons (Fsp3) is 0.471. The van der Waals surface area contributed by atoms with E-state index in [1.54, 1.807) is 4.90 Å². The van der Waals surface area contributed by atoms with Gasteiger partial charge in [-0.15, -0.1) is 0 Å². The Morgan fingerprint density at radius 1 is 1.04 bits per heavy atom. The maximum Gasteiger partial charge on any atom is 0.319 e. The van der Waals surface area contributed by atoms with Gasteiger partial charge in [-0.1, -0.05) is 18.2 Å². The van der Waals surface area contributed by atoms with Crippen LogP contribution < -0.4 is 10.6 Å². The van der Waals surface area contributed by atoms with E-state index in [4.69, 9.17) is 5.11 Å². The van der Waals surface area contributed by atoms with Gasteiger partial charge in [0.15, 0.2) is 0 Å². The molecule has 128 valence electrons. The summed E-state index contributed by atoms with van der Waals surface area (Å²) in [4.78, 5) is 36.8. The number of nitrogens with zero attached hydrogens (tertiary/aromatic N) is 1. The van der Waals surface area contributed by atoms with E-state index < -0.39 is 11.9 Å². The quantitative estimate of drug-likeness (QED) is 0.779. The van der Waals surface area contributed by atoms with E-state index in [2.05, 4.69) is 10.6 Å². The van der Waals surface area contributed by atoms with Crippen LogP contribution in [-0.4, -0.2) is 47.0 Å². The summed E-state index contributed by atoms with van der Waals surface area (Å²) in [6.07, 6.45) is 1.81. The standard InChI is InChI=1S/C17H21N3O4/c21-15(13-10-14(13)16(22)23)20-8-6-12(7-9-20)19-17(24)18-11-4-2-1-3-5-11/h1-5,12-14H,6-10H2,(H,22,23)(H2,18,19,24)/t13-,14+/m1/s1. The van der Waals surface area contributed by atoms with Crippen molar-refractivity contribution in [2.45, 2.75) is 25.3 Å². The molecule has 7 nitrogen and oxygen atoms in total. The lowest BCUT2D eigenvalue weighted by Crippen LogP contribution is -2.48. The molecule has 0 bridgehead atoms. The number of nitrogens with one attached hydrogen (secondary N) is 2. The monoisotopic (exact) mass is 331 g/mol. The van der Waals surface area contributed by atoms with Crippen LogP contribution in [0.2, 0.25) is 0 Å². The molecule has 2 fully saturated rings. The Morgan fingerprint density at radius 3 is 2.29 bits per heavy atom. The van der Waals surface area contributed by atoms with Gasteiger partial charge in [-0.25, -0.2) is 4.79 Å². The van der Waals surface area contributed by atoms with Crippen molar-refractivity contribution in [1.82, 2.24) is 10.2 Å². The molecule has 7 heteroatoms. The summed E-state index contributed by atoms with van der Waals surface area (Å²) >= 11 is 0. The Labute approximate surface area is 140 Å². The number of aliphatic carboxylic acids is 1. The van der Waals surface area contributed by atoms with Gasteiger partial charge in [0.25, 0.3) is 0 Å². The van der Waals surface area contributed by atoms with Crippen molar-refractivity contribution in [1.29, 1.82) is 0 Å². The maximum atomic E-state index is 12.2. The smallest absolute Gasteiger partial charge is 0.319 e. The van der Waals surface area contributed by atoms with Crippen molar-refractivity contribution < 1.29 is 19.5 Å². The highest BCUT2D eigenvalue weighted by atomic mass is 16.4. The van der Waals surface area contributed by atoms with Crippen molar-refractivity contribution in [3.63, 3.8) is 0 Å². The number of rotatable bonds is 4. The Balaban J connectivity index is 1.41. The fourth-order valence-electron chi connectivity index (χ4n) is 3.09. The number of anilines is 1. The molecule has 3 amide bonds. The Bertz CT molecular complexity index is 626. The zero-order chi connectivity index (χ0) is 17.1. The van der Waals surface area contributed by atoms with Gasteiger partial charge in [-0.05, 0) is 31.4 Å². The van der Waals surface area contributed by atoms with Gasteiger partial charge in [0.1, 0.15) is 0 Å². The topological polar surface area (TPSA) is 98.7 Å². The maximum absolute atomic E-state index is 12.2. The first kappa shape index (κ1) is 16.3. The Morgan fingerprint density at radius 2 is 1.71 bits per heavy atom. The number of likely N-dealkylation sites (tertiary alicyclic amines) is 1. The van der Waals surface area contributed by atoms with Gasteiger partial charge in [0.05, 0.1) is 11.8 Å². The van der Waals surface area contributed by atoms with Crippen LogP contribution in [0.25, 0.3) is 0 Å². The van der Waals surface area contributed by atoms with Crippen LogP contribution in [0.15, 0.2) is 30.3 Å². The number of urea groups is 1. The number of benzene rings is 1. The van der Waals surface area contributed by atoms with Gasteiger partial charge >= 0.3 is 12.0 Å². The number of amides is 3. The second-order valence-corrected chi connectivity index (χ2v) is 6.35. The summed E-state index contributed by atoms with van der Waals surface area (Å²) in [5.41, 5.74) is 0.732. The molecule has 0 spiro atoms. The third kappa shape index (κ3) is 3.84. The van der Waals surface area contributed by atoms with Gasteiger partial charge in [0, 0.05) is 24.8 Å². The van der Waals surface area contributed by atoms with Crippen molar-refractivity contribution in [3.8, 4) is 0 Å². The van der Waals surface area contributed by atoms with Crippen molar-refractivity contribution in [2.75, 3.05) is 18.4 Å². The summed E-state index contributed by atoms with van der Waals surface area (Å²) in [6.45, 7) is 1.11. The minimum Gasteiger partial charge on any atom is -0.481 e. The fourth-order valence-corrected chi connectivity index (χ4v) is 3.09. The van der Waals surface area contributed by atoms with Crippen LogP contribution in [-0.2, 0) is 9.59 Å². The molecule has 2 atom stereocenters. The largest absolute Gasteiger partial charge is 0.481 e. The summed E-state index contributed by atoms with van der Waals surface area (Å²) in [5, 5.41) is 14.6. The van der Waals surface area contributed by atoms with E-state index in [0.29, 0.717) is 32.4 Å². The molecule has 1 aromatic rings. The molecule has 2 aliphatic rings. The second-order valence-electron chi connectivity index (χ2n) is 6.35. The highest BCUT2D eigenvalue weighted by molar-refractivity contribution is 5.90. The van der Waals surface area contributed by atoms with Crippen LogP contribution in [0.5, 0.6) is 0 Å². The normalized spacial score (nSPS) is 23.4. The molecular formula is C17H21N3O4. The van der Waals surface area contributed by atoms with E-state index in [9.17, 15) is 14.4 Å². The van der Waals surface area contributed by atoms with Crippen LogP contribution in [0, 0.1) is 11.8 Å². The zero-order valence-electron chi connectivity index (χ0n) is 13.3. The van der Waals surface area contributed by atoms with Crippen molar-refractivity contribution in [2.24, 2.45) is 11.8 Å². The summed E-state index contributed by atoms with van der Waals surface area (Å²) in [6, 6.07) is 8.98. The summed E-state index contributed by atoms with van der Waals surface area (Å²) in [5.74, 6) is -1.81. The van der Waals surface area contributed by atoms with E-state index in [1.807, 2.05) is 30.3 Å². The Hall–Kier alpha value is -2.57. The van der Waals surface area contributed by atoms with Crippen LogP contribution >= 0.6 is 0 Å². The molecule has 1 aliphatic heterocycles. The minimum atomic E-state index is -0.887. The first-order valence-electron chi connectivity index (χ1n) is 8.19. The molecule has 1 heterocycles. The third-order valence-corrected chi connectivity index (χ3v) is 4.60. The van der Waals surface area contributed by atoms with Crippen molar-refractivity contribution >= 4 is 23.6 Å². The molecule has 0 radical (unpaired) electrons. The second kappa shape index (κ2) is 6.90. The highest BCUT2D eigenvalue weighted by Crippen LogP contribution is 2.40. The zero-order valence-corrected chi connectivity index (χ0v) is 13.3. The summed E-state index contributed by atoms with van der Waals surface area (Å²) in [7, 11) is 0. The molecule has 0 unspecified atom stereocenters. The number of carboxylic acids is 1. The van der Waals surface area contributed by atoms with E-state index in [1.165, 1.54) is 0 Å². The number of carbonyl (C=O) groups is 3. The van der Waals surface area contributed by atoms with Gasteiger partial charge in [0.2, 0.25) is 5.91 Å². The van der Waals surface area contributed by atoms with Gasteiger partial charge in [-0.2, -0.15) is 0 Å². The number of para-hydroxylation sites is 1. The number of carbonyl (C=O) groups excluding carboxylic acids is 2. The van der Waals surface area contributed by atoms with Crippen LogP contribution in [0.4, 0.5) is 10.5 Å². The Kier molecular flexibility index (Phi) is 4.69. The average molecular weight is 331 g/mol. The van der Waals surface area contributed by atoms with Crippen LogP contribution in [0.3, 0.4) is 0 Å². The molecule has 1 saturated heterocycles. The number of hydrogen-bond donors (Lipinski definition) is 3. The first-order chi connectivity index (χ1) is 11.5. The van der Waals surface area contributed by atoms with Crippen LogP contribution in [0.1, 0.15) is 19.3 Å². The molecule has 0 aromatic heterocycles. The molecule has 1 aliphatic carbocycles. The van der Waals surface area contributed by atoms with E-state index in [0.717, 1.165) is 5.69 Å². The van der Waals surface area contributed by atoms with Gasteiger partial charge in [-0.3, -0.25) is 9.59 Å². The van der Waals surface area contributed by atoms with E-state index >= 15 is 0 Å². The van der Waals surface area contributed by atoms with E-state index in [-0.39, 0.29) is 23.9 Å². The molecule has 3 rings (SSSR count). The SMILES string of the molecule is O=C(Nc1ccccc1)NC1CCN(C(=O)[C@@H]2C[C@@H]2C(=O)O)CC1. The number of hydrogen-bond acceptors (Lipinski definition) is 3. The summed E-state index contributed by atoms with van der Waals surface area (Å²) < 4.78 is 0. The average Bonchev–Trinajstić information content (AvgIpc) is 3.36. The molecule has 3 N–H and O–H groups in total. The van der Waals surface area contributed by atoms with Crippen molar-refractivity contribution in [3.05, 3.63) is 30.3 Å². The number of piperidine rings is 1. The lowest BCUT2D eigenvalue weighted by atomic mass is 10.0. The number of carboxylic acid groups (broad SMARTS) is 1. The lowest BCUT2D eigenvalue weighted by Gasteiger charge is -2.32. The molecular weight excluding hydrogens is 310 g/mol.